The standard InChI is InChI=1S/C16H24N4O2/c1-19-5-2-4-13(12-19)14-10-18-15(11-17-14)16(21)20-6-3-8-22-9-7-20/h10-11,13H,2-9,12H2,1H3. The lowest BCUT2D eigenvalue weighted by atomic mass is 9.95. The van der Waals surface area contributed by atoms with Gasteiger partial charge in [-0.15, -0.1) is 0 Å². The molecule has 6 nitrogen and oxygen atoms in total. The summed E-state index contributed by atoms with van der Waals surface area (Å²) in [6, 6.07) is 0. The van der Waals surface area contributed by atoms with Crippen LogP contribution in [-0.2, 0) is 4.74 Å². The van der Waals surface area contributed by atoms with Gasteiger partial charge in [0.25, 0.3) is 5.91 Å². The minimum Gasteiger partial charge on any atom is -0.380 e. The Morgan fingerprint density at radius 2 is 2.09 bits per heavy atom. The van der Waals surface area contributed by atoms with Crippen LogP contribution in [0.5, 0.6) is 0 Å². The molecule has 22 heavy (non-hydrogen) atoms. The maximum absolute atomic E-state index is 12.5. The Morgan fingerprint density at radius 1 is 1.18 bits per heavy atom. The van der Waals surface area contributed by atoms with Crippen molar-refractivity contribution in [2.45, 2.75) is 25.2 Å². The van der Waals surface area contributed by atoms with Crippen molar-refractivity contribution in [2.75, 3.05) is 46.4 Å². The summed E-state index contributed by atoms with van der Waals surface area (Å²) in [6.45, 7) is 4.86. The number of piperidine rings is 1. The first-order chi connectivity index (χ1) is 10.7. The first kappa shape index (κ1) is 15.4. The predicted octanol–water partition coefficient (Wildman–Crippen LogP) is 1.15. The van der Waals surface area contributed by atoms with E-state index in [-0.39, 0.29) is 5.91 Å². The highest BCUT2D eigenvalue weighted by Crippen LogP contribution is 2.24. The third-order valence-corrected chi connectivity index (χ3v) is 4.44. The molecule has 2 aliphatic heterocycles. The summed E-state index contributed by atoms with van der Waals surface area (Å²) in [6.07, 6.45) is 6.64. The zero-order chi connectivity index (χ0) is 15.4. The molecule has 0 aliphatic carbocycles. The molecule has 1 unspecified atom stereocenters. The number of carbonyl (C=O) groups is 1. The molecular weight excluding hydrogens is 280 g/mol. The molecule has 2 aliphatic rings. The van der Waals surface area contributed by atoms with Crippen molar-refractivity contribution in [2.24, 2.45) is 0 Å². The highest BCUT2D eigenvalue weighted by molar-refractivity contribution is 5.92. The summed E-state index contributed by atoms with van der Waals surface area (Å²) >= 11 is 0. The van der Waals surface area contributed by atoms with Crippen LogP contribution in [0.25, 0.3) is 0 Å². The fraction of sp³-hybridized carbons (Fsp3) is 0.688. The Kier molecular flexibility index (Phi) is 5.00. The number of aromatic nitrogens is 2. The van der Waals surface area contributed by atoms with E-state index in [1.807, 2.05) is 4.90 Å². The van der Waals surface area contributed by atoms with Crippen molar-refractivity contribution in [1.82, 2.24) is 19.8 Å². The van der Waals surface area contributed by atoms with Gasteiger partial charge in [-0.25, -0.2) is 4.98 Å². The van der Waals surface area contributed by atoms with E-state index in [9.17, 15) is 4.79 Å². The minimum atomic E-state index is -0.0367. The lowest BCUT2D eigenvalue weighted by Crippen LogP contribution is -2.34. The summed E-state index contributed by atoms with van der Waals surface area (Å²) in [5.41, 5.74) is 1.44. The summed E-state index contributed by atoms with van der Waals surface area (Å²) < 4.78 is 5.38. The van der Waals surface area contributed by atoms with Crippen LogP contribution in [0.3, 0.4) is 0 Å². The van der Waals surface area contributed by atoms with Crippen LogP contribution in [0.4, 0.5) is 0 Å². The molecule has 2 fully saturated rings. The lowest BCUT2D eigenvalue weighted by Gasteiger charge is -2.29. The van der Waals surface area contributed by atoms with Gasteiger partial charge >= 0.3 is 0 Å². The predicted molar refractivity (Wildman–Crippen MR) is 82.8 cm³/mol. The second-order valence-corrected chi connectivity index (χ2v) is 6.19. The van der Waals surface area contributed by atoms with Crippen molar-refractivity contribution < 1.29 is 9.53 Å². The normalized spacial score (nSPS) is 24.0. The highest BCUT2D eigenvalue weighted by atomic mass is 16.5. The van der Waals surface area contributed by atoms with Crippen molar-refractivity contribution in [3.63, 3.8) is 0 Å². The first-order valence-corrected chi connectivity index (χ1v) is 8.11. The Balaban J connectivity index is 1.66. The lowest BCUT2D eigenvalue weighted by molar-refractivity contribution is 0.0735. The molecule has 0 saturated carbocycles. The quantitative estimate of drug-likeness (QED) is 0.820. The smallest absolute Gasteiger partial charge is 0.274 e. The van der Waals surface area contributed by atoms with E-state index in [2.05, 4.69) is 21.9 Å². The molecule has 2 saturated heterocycles. The van der Waals surface area contributed by atoms with E-state index >= 15 is 0 Å². The number of hydrogen-bond acceptors (Lipinski definition) is 5. The second kappa shape index (κ2) is 7.15. The topological polar surface area (TPSA) is 58.6 Å². The number of likely N-dealkylation sites (tertiary alicyclic amines) is 1. The summed E-state index contributed by atoms with van der Waals surface area (Å²) in [7, 11) is 2.14. The summed E-state index contributed by atoms with van der Waals surface area (Å²) in [5, 5.41) is 0. The van der Waals surface area contributed by atoms with Gasteiger partial charge < -0.3 is 14.5 Å². The Bertz CT molecular complexity index is 497. The number of amides is 1. The molecule has 0 radical (unpaired) electrons. The van der Waals surface area contributed by atoms with Gasteiger partial charge in [-0.05, 0) is 32.9 Å². The molecule has 6 heteroatoms. The SMILES string of the molecule is CN1CCCC(c2cnc(C(=O)N3CCCOCC3)cn2)C1. The van der Waals surface area contributed by atoms with E-state index < -0.39 is 0 Å². The van der Waals surface area contributed by atoms with Gasteiger partial charge in [-0.3, -0.25) is 9.78 Å². The van der Waals surface area contributed by atoms with Crippen LogP contribution >= 0.6 is 0 Å². The van der Waals surface area contributed by atoms with Crippen LogP contribution in [0, 0.1) is 0 Å². The zero-order valence-corrected chi connectivity index (χ0v) is 13.2. The fourth-order valence-corrected chi connectivity index (χ4v) is 3.18. The second-order valence-electron chi connectivity index (χ2n) is 6.19. The number of likely N-dealkylation sites (N-methyl/N-ethyl adjacent to an activating group) is 1. The molecule has 3 heterocycles. The van der Waals surface area contributed by atoms with Crippen LogP contribution in [-0.4, -0.2) is 72.1 Å². The van der Waals surface area contributed by atoms with Crippen molar-refractivity contribution in [3.05, 3.63) is 23.8 Å². The monoisotopic (exact) mass is 304 g/mol. The zero-order valence-electron chi connectivity index (χ0n) is 13.2. The van der Waals surface area contributed by atoms with Crippen LogP contribution in [0.2, 0.25) is 0 Å². The number of hydrogen-bond donors (Lipinski definition) is 0. The third-order valence-electron chi connectivity index (χ3n) is 4.44. The van der Waals surface area contributed by atoms with Crippen LogP contribution in [0.1, 0.15) is 41.4 Å². The average molecular weight is 304 g/mol. The molecule has 0 aromatic carbocycles. The van der Waals surface area contributed by atoms with Crippen molar-refractivity contribution in [1.29, 1.82) is 0 Å². The fourth-order valence-electron chi connectivity index (χ4n) is 3.18. The largest absolute Gasteiger partial charge is 0.380 e. The third kappa shape index (κ3) is 3.62. The maximum atomic E-state index is 12.5. The number of carbonyl (C=O) groups excluding carboxylic acids is 1. The van der Waals surface area contributed by atoms with Gasteiger partial charge in [0.1, 0.15) is 5.69 Å². The average Bonchev–Trinajstić information content (AvgIpc) is 2.84. The molecule has 0 N–H and O–H groups in total. The Morgan fingerprint density at radius 3 is 2.86 bits per heavy atom. The van der Waals surface area contributed by atoms with E-state index in [1.54, 1.807) is 12.4 Å². The number of nitrogens with zero attached hydrogens (tertiary/aromatic N) is 4. The molecule has 120 valence electrons. The number of ether oxygens (including phenoxy) is 1. The van der Waals surface area contributed by atoms with E-state index in [0.717, 1.165) is 44.8 Å². The molecule has 1 atom stereocenters. The highest BCUT2D eigenvalue weighted by Gasteiger charge is 2.22. The molecule has 1 aromatic rings. The van der Waals surface area contributed by atoms with Crippen molar-refractivity contribution in [3.8, 4) is 0 Å². The summed E-state index contributed by atoms with van der Waals surface area (Å²) in [4.78, 5) is 25.5. The minimum absolute atomic E-state index is 0.0367. The van der Waals surface area contributed by atoms with E-state index in [1.165, 1.54) is 6.42 Å². The van der Waals surface area contributed by atoms with Gasteiger partial charge in [0.15, 0.2) is 0 Å². The maximum Gasteiger partial charge on any atom is 0.274 e. The van der Waals surface area contributed by atoms with Crippen LogP contribution < -0.4 is 0 Å². The van der Waals surface area contributed by atoms with Gasteiger partial charge in [-0.1, -0.05) is 0 Å². The van der Waals surface area contributed by atoms with Gasteiger partial charge in [0, 0.05) is 38.4 Å². The van der Waals surface area contributed by atoms with E-state index in [0.29, 0.717) is 24.8 Å². The van der Waals surface area contributed by atoms with E-state index in [4.69, 9.17) is 4.74 Å². The molecule has 1 aromatic heterocycles. The molecule has 1 amide bonds. The number of rotatable bonds is 2. The van der Waals surface area contributed by atoms with Crippen LogP contribution in [0.15, 0.2) is 12.4 Å². The molecule has 0 bridgehead atoms. The van der Waals surface area contributed by atoms with Gasteiger partial charge in [0.05, 0.1) is 18.5 Å². The molecular formula is C16H24N4O2. The van der Waals surface area contributed by atoms with Gasteiger partial charge in [-0.2, -0.15) is 0 Å². The molecule has 3 rings (SSSR count). The van der Waals surface area contributed by atoms with Gasteiger partial charge in [0.2, 0.25) is 0 Å². The Hall–Kier alpha value is -1.53. The molecule has 0 spiro atoms. The Labute approximate surface area is 131 Å². The summed E-state index contributed by atoms with van der Waals surface area (Å²) in [5.74, 6) is 0.396. The first-order valence-electron chi connectivity index (χ1n) is 8.11. The van der Waals surface area contributed by atoms with Crippen molar-refractivity contribution >= 4 is 5.91 Å².